The molecule has 2 fully saturated rings. The van der Waals surface area contributed by atoms with Crippen molar-refractivity contribution in [2.24, 2.45) is 0 Å². The van der Waals surface area contributed by atoms with Gasteiger partial charge in [0.25, 0.3) is 0 Å². The zero-order chi connectivity index (χ0) is 17.4. The third-order valence-corrected chi connectivity index (χ3v) is 5.10. The molecular weight excluding hydrogens is 326 g/mol. The van der Waals surface area contributed by atoms with E-state index in [1.165, 1.54) is 31.9 Å². The first-order valence-corrected chi connectivity index (χ1v) is 8.75. The summed E-state index contributed by atoms with van der Waals surface area (Å²) < 4.78 is 7.15. The zero-order valence-corrected chi connectivity index (χ0v) is 13.8. The van der Waals surface area contributed by atoms with E-state index in [0.29, 0.717) is 23.0 Å². The highest BCUT2D eigenvalue weighted by molar-refractivity contribution is 5.82. The van der Waals surface area contributed by atoms with E-state index in [2.05, 4.69) is 20.3 Å². The molecule has 0 amide bonds. The number of ether oxygens (including phenoxy) is 1. The van der Waals surface area contributed by atoms with Gasteiger partial charge in [-0.2, -0.15) is 0 Å². The van der Waals surface area contributed by atoms with Crippen molar-refractivity contribution in [3.63, 3.8) is 0 Å². The summed E-state index contributed by atoms with van der Waals surface area (Å²) in [6.45, 7) is -0.370. The highest BCUT2D eigenvalue weighted by atomic mass is 16.6. The van der Waals surface area contributed by atoms with E-state index in [-0.39, 0.29) is 6.61 Å². The molecular formula is C16H23N5O4. The molecule has 1 saturated heterocycles. The Hall–Kier alpha value is -1.81. The van der Waals surface area contributed by atoms with E-state index in [4.69, 9.17) is 4.74 Å². The van der Waals surface area contributed by atoms with Crippen LogP contribution in [0.25, 0.3) is 11.2 Å². The van der Waals surface area contributed by atoms with Gasteiger partial charge in [-0.15, -0.1) is 0 Å². The van der Waals surface area contributed by atoms with Gasteiger partial charge < -0.3 is 25.4 Å². The van der Waals surface area contributed by atoms with Crippen molar-refractivity contribution in [2.45, 2.75) is 62.7 Å². The molecule has 0 radical (unpaired) electrons. The van der Waals surface area contributed by atoms with Gasteiger partial charge in [0.15, 0.2) is 23.2 Å². The largest absolute Gasteiger partial charge is 0.394 e. The van der Waals surface area contributed by atoms with Crippen LogP contribution < -0.4 is 5.32 Å². The molecule has 2 aromatic rings. The van der Waals surface area contributed by atoms with Crippen molar-refractivity contribution < 1.29 is 20.1 Å². The monoisotopic (exact) mass is 349 g/mol. The second kappa shape index (κ2) is 6.83. The number of aliphatic hydroxyl groups is 3. The first-order chi connectivity index (χ1) is 12.2. The van der Waals surface area contributed by atoms with Crippen molar-refractivity contribution in [1.29, 1.82) is 0 Å². The molecule has 136 valence electrons. The summed E-state index contributed by atoms with van der Waals surface area (Å²) in [7, 11) is 0. The minimum Gasteiger partial charge on any atom is -0.394 e. The standard InChI is InChI=1S/C16H23N5O4/c22-6-10-12(23)13(24)16(25-10)21-8-19-11-14(17-7-18-15(11)21)20-9-4-2-1-3-5-9/h7-10,12-13,16,22-24H,1-6H2,(H,17,18,20)/t10-,12+,13?,16-/m1/s1. The lowest BCUT2D eigenvalue weighted by Crippen LogP contribution is -2.33. The first-order valence-electron chi connectivity index (χ1n) is 8.75. The van der Waals surface area contributed by atoms with E-state index in [1.807, 2.05) is 0 Å². The van der Waals surface area contributed by atoms with Crippen molar-refractivity contribution in [2.75, 3.05) is 11.9 Å². The van der Waals surface area contributed by atoms with Crippen LogP contribution in [0.2, 0.25) is 0 Å². The molecule has 1 aliphatic carbocycles. The predicted octanol–water partition coefficient (Wildman–Crippen LogP) is 0.182. The van der Waals surface area contributed by atoms with Crippen LogP contribution in [0.3, 0.4) is 0 Å². The molecule has 3 heterocycles. The van der Waals surface area contributed by atoms with Gasteiger partial charge in [-0.1, -0.05) is 19.3 Å². The smallest absolute Gasteiger partial charge is 0.167 e. The second-order valence-electron chi connectivity index (χ2n) is 6.75. The fourth-order valence-electron chi connectivity index (χ4n) is 3.69. The van der Waals surface area contributed by atoms with Crippen LogP contribution in [0.1, 0.15) is 38.3 Å². The van der Waals surface area contributed by atoms with Gasteiger partial charge in [0.2, 0.25) is 0 Å². The van der Waals surface area contributed by atoms with Crippen LogP contribution in [0.5, 0.6) is 0 Å². The molecule has 0 aromatic carbocycles. The van der Waals surface area contributed by atoms with Crippen molar-refractivity contribution >= 4 is 17.0 Å². The van der Waals surface area contributed by atoms with Crippen LogP contribution in [0, 0.1) is 0 Å². The lowest BCUT2D eigenvalue weighted by atomic mass is 9.95. The van der Waals surface area contributed by atoms with Crippen LogP contribution in [-0.4, -0.2) is 65.8 Å². The molecule has 9 nitrogen and oxygen atoms in total. The van der Waals surface area contributed by atoms with Crippen LogP contribution >= 0.6 is 0 Å². The summed E-state index contributed by atoms with van der Waals surface area (Å²) in [6.07, 6.45) is 4.88. The van der Waals surface area contributed by atoms with Gasteiger partial charge in [-0.25, -0.2) is 15.0 Å². The molecule has 2 aromatic heterocycles. The Morgan fingerprint density at radius 1 is 1.12 bits per heavy atom. The molecule has 2 aliphatic rings. The van der Waals surface area contributed by atoms with E-state index < -0.39 is 24.5 Å². The average molecular weight is 349 g/mol. The van der Waals surface area contributed by atoms with E-state index in [9.17, 15) is 15.3 Å². The normalized spacial score (nSPS) is 30.8. The number of nitrogens with one attached hydrogen (secondary N) is 1. The number of fused-ring (bicyclic) bond motifs is 1. The van der Waals surface area contributed by atoms with Gasteiger partial charge in [-0.3, -0.25) is 4.57 Å². The first kappa shape index (κ1) is 16.6. The van der Waals surface area contributed by atoms with Gasteiger partial charge in [0.05, 0.1) is 12.9 Å². The SMILES string of the molecule is OC[C@H]1O[C@@H](n2cnc3c(NC4CCCCC4)ncnc32)C(O)[C@H]1O. The lowest BCUT2D eigenvalue weighted by molar-refractivity contribution is -0.0511. The summed E-state index contributed by atoms with van der Waals surface area (Å²) in [5.41, 5.74) is 1.12. The topological polar surface area (TPSA) is 126 Å². The number of aromatic nitrogens is 4. The summed E-state index contributed by atoms with van der Waals surface area (Å²) in [4.78, 5) is 13.0. The molecule has 1 aliphatic heterocycles. The van der Waals surface area contributed by atoms with Gasteiger partial charge in [-0.05, 0) is 12.8 Å². The second-order valence-corrected chi connectivity index (χ2v) is 6.75. The Balaban J connectivity index is 1.62. The molecule has 9 heteroatoms. The summed E-state index contributed by atoms with van der Waals surface area (Å²) in [5.74, 6) is 0.669. The Bertz CT molecular complexity index is 732. The van der Waals surface area contributed by atoms with Crippen LogP contribution in [0.4, 0.5) is 5.82 Å². The number of imidazole rings is 1. The molecule has 0 spiro atoms. The highest BCUT2D eigenvalue weighted by Gasteiger charge is 2.44. The Kier molecular flexibility index (Phi) is 4.55. The van der Waals surface area contributed by atoms with Crippen molar-refractivity contribution in [3.05, 3.63) is 12.7 Å². The number of nitrogens with zero attached hydrogens (tertiary/aromatic N) is 4. The third kappa shape index (κ3) is 2.97. The quantitative estimate of drug-likeness (QED) is 0.616. The maximum atomic E-state index is 10.2. The molecule has 4 rings (SSSR count). The number of hydrogen-bond acceptors (Lipinski definition) is 8. The van der Waals surface area contributed by atoms with E-state index in [0.717, 1.165) is 12.8 Å². The number of aliphatic hydroxyl groups excluding tert-OH is 3. The summed E-state index contributed by atoms with van der Waals surface area (Å²) in [6, 6.07) is 0.380. The fourth-order valence-corrected chi connectivity index (χ4v) is 3.69. The average Bonchev–Trinajstić information content (AvgIpc) is 3.18. The molecule has 1 unspecified atom stereocenters. The maximum absolute atomic E-state index is 10.2. The lowest BCUT2D eigenvalue weighted by Gasteiger charge is -2.23. The van der Waals surface area contributed by atoms with E-state index in [1.54, 1.807) is 4.57 Å². The Labute approximate surface area is 144 Å². The number of rotatable bonds is 4. The highest BCUT2D eigenvalue weighted by Crippen LogP contribution is 2.32. The van der Waals surface area contributed by atoms with Crippen molar-refractivity contribution in [3.8, 4) is 0 Å². The predicted molar refractivity (Wildman–Crippen MR) is 88.8 cm³/mol. The van der Waals surface area contributed by atoms with Gasteiger partial charge in [0, 0.05) is 6.04 Å². The molecule has 1 saturated carbocycles. The minimum absolute atomic E-state index is 0.370. The molecule has 4 N–H and O–H groups in total. The maximum Gasteiger partial charge on any atom is 0.167 e. The number of hydrogen-bond donors (Lipinski definition) is 4. The minimum atomic E-state index is -1.17. The summed E-state index contributed by atoms with van der Waals surface area (Å²) >= 11 is 0. The Morgan fingerprint density at radius 2 is 1.92 bits per heavy atom. The van der Waals surface area contributed by atoms with Crippen LogP contribution in [-0.2, 0) is 4.74 Å². The fraction of sp³-hybridized carbons (Fsp3) is 0.688. The molecule has 0 bridgehead atoms. The molecule has 25 heavy (non-hydrogen) atoms. The number of anilines is 1. The van der Waals surface area contributed by atoms with Gasteiger partial charge >= 0.3 is 0 Å². The molecule has 4 atom stereocenters. The van der Waals surface area contributed by atoms with Crippen LogP contribution in [0.15, 0.2) is 12.7 Å². The van der Waals surface area contributed by atoms with Gasteiger partial charge in [0.1, 0.15) is 24.6 Å². The zero-order valence-electron chi connectivity index (χ0n) is 13.8. The Morgan fingerprint density at radius 3 is 2.64 bits per heavy atom. The van der Waals surface area contributed by atoms with Crippen molar-refractivity contribution in [1.82, 2.24) is 19.5 Å². The summed E-state index contributed by atoms with van der Waals surface area (Å²) in [5, 5.41) is 32.9. The third-order valence-electron chi connectivity index (χ3n) is 5.10. The van der Waals surface area contributed by atoms with E-state index >= 15 is 0 Å².